The maximum absolute atomic E-state index is 12.2. The van der Waals surface area contributed by atoms with Crippen LogP contribution in [-0.4, -0.2) is 5.78 Å². The van der Waals surface area contributed by atoms with Crippen molar-refractivity contribution in [2.45, 2.75) is 66.7 Å². The zero-order valence-corrected chi connectivity index (χ0v) is 13.3. The van der Waals surface area contributed by atoms with Crippen LogP contribution in [0.5, 0.6) is 0 Å². The molecule has 0 radical (unpaired) electrons. The summed E-state index contributed by atoms with van der Waals surface area (Å²) in [5.41, 5.74) is 2.36. The van der Waals surface area contributed by atoms with Gasteiger partial charge in [-0.05, 0) is 31.3 Å². The summed E-state index contributed by atoms with van der Waals surface area (Å²) < 4.78 is 0. The average molecular weight is 262 g/mol. The number of rotatable bonds is 5. The summed E-state index contributed by atoms with van der Waals surface area (Å²) in [7, 11) is 0. The summed E-state index contributed by atoms with van der Waals surface area (Å²) in [6.07, 6.45) is 13.4. The van der Waals surface area contributed by atoms with Crippen LogP contribution in [0.3, 0.4) is 0 Å². The van der Waals surface area contributed by atoms with E-state index in [0.29, 0.717) is 5.78 Å². The summed E-state index contributed by atoms with van der Waals surface area (Å²) in [6.45, 7) is 10.3. The molecule has 0 spiro atoms. The molecule has 1 aliphatic carbocycles. The van der Waals surface area contributed by atoms with Gasteiger partial charge in [0.25, 0.3) is 0 Å². The van der Waals surface area contributed by atoms with Crippen LogP contribution in [0.25, 0.3) is 0 Å². The molecular formula is C18H30O. The van der Waals surface area contributed by atoms with Gasteiger partial charge in [-0.2, -0.15) is 0 Å². The van der Waals surface area contributed by atoms with Gasteiger partial charge in [-0.15, -0.1) is 0 Å². The van der Waals surface area contributed by atoms with Crippen molar-refractivity contribution in [1.29, 1.82) is 0 Å². The second-order valence-corrected chi connectivity index (χ2v) is 4.80. The quantitative estimate of drug-likeness (QED) is 0.587. The van der Waals surface area contributed by atoms with E-state index in [-0.39, 0.29) is 5.92 Å². The third-order valence-corrected chi connectivity index (χ3v) is 3.34. The predicted octanol–water partition coefficient (Wildman–Crippen LogP) is 5.63. The molecule has 0 aromatic rings. The van der Waals surface area contributed by atoms with Gasteiger partial charge in [-0.1, -0.05) is 70.9 Å². The average Bonchev–Trinajstić information content (AvgIpc) is 2.41. The lowest BCUT2D eigenvalue weighted by molar-refractivity contribution is -0.119. The van der Waals surface area contributed by atoms with Gasteiger partial charge in [0, 0.05) is 5.92 Å². The lowest BCUT2D eigenvalue weighted by Gasteiger charge is -2.12. The Kier molecular flexibility index (Phi) is 10.1. The Labute approximate surface area is 119 Å². The van der Waals surface area contributed by atoms with Gasteiger partial charge in [-0.3, -0.25) is 4.79 Å². The SMILES string of the molecule is CC.CCCC(C)C(=O)/C1=C/C=C(/CC)C/C=C/C1. The topological polar surface area (TPSA) is 17.1 Å². The third kappa shape index (κ3) is 6.56. The Morgan fingerprint density at radius 1 is 1.16 bits per heavy atom. The van der Waals surface area contributed by atoms with Crippen molar-refractivity contribution in [3.05, 3.63) is 35.5 Å². The van der Waals surface area contributed by atoms with Gasteiger partial charge in [0.1, 0.15) is 0 Å². The van der Waals surface area contributed by atoms with E-state index < -0.39 is 0 Å². The molecule has 0 saturated carbocycles. The first-order valence-electron chi connectivity index (χ1n) is 7.76. The standard InChI is InChI=1S/C16H24O.C2H6/c1-4-8-13(3)16(17)15-10-7-6-9-14(5-2)11-12-15;1-2/h6-7,11-13H,4-5,8-10H2,1-3H3;1-2H3/b7-6+,14-11-,15-12+;. The summed E-state index contributed by atoms with van der Waals surface area (Å²) in [5, 5.41) is 0. The van der Waals surface area contributed by atoms with Crippen molar-refractivity contribution >= 4 is 5.78 Å². The zero-order chi connectivity index (χ0) is 14.7. The van der Waals surface area contributed by atoms with Gasteiger partial charge < -0.3 is 0 Å². The molecule has 1 nitrogen and oxygen atoms in total. The number of hydrogen-bond acceptors (Lipinski definition) is 1. The predicted molar refractivity (Wildman–Crippen MR) is 85.3 cm³/mol. The first-order chi connectivity index (χ1) is 9.19. The molecule has 1 atom stereocenters. The number of hydrogen-bond donors (Lipinski definition) is 0. The van der Waals surface area contributed by atoms with Crippen molar-refractivity contribution in [3.8, 4) is 0 Å². The highest BCUT2D eigenvalue weighted by Crippen LogP contribution is 2.19. The van der Waals surface area contributed by atoms with E-state index in [1.807, 2.05) is 26.8 Å². The Morgan fingerprint density at radius 3 is 2.37 bits per heavy atom. The fourth-order valence-electron chi connectivity index (χ4n) is 2.13. The first kappa shape index (κ1) is 17.9. The highest BCUT2D eigenvalue weighted by atomic mass is 16.1. The molecule has 0 saturated heterocycles. The van der Waals surface area contributed by atoms with Crippen molar-refractivity contribution in [2.24, 2.45) is 5.92 Å². The molecule has 0 aromatic carbocycles. The minimum atomic E-state index is 0.164. The van der Waals surface area contributed by atoms with E-state index in [1.165, 1.54) is 5.57 Å². The van der Waals surface area contributed by atoms with E-state index in [9.17, 15) is 4.79 Å². The normalized spacial score (nSPS) is 23.4. The van der Waals surface area contributed by atoms with Crippen molar-refractivity contribution < 1.29 is 4.79 Å². The van der Waals surface area contributed by atoms with E-state index in [0.717, 1.165) is 37.7 Å². The fraction of sp³-hybridized carbons (Fsp3) is 0.611. The lowest BCUT2D eigenvalue weighted by Crippen LogP contribution is -2.13. The minimum absolute atomic E-state index is 0.164. The summed E-state index contributed by atoms with van der Waals surface area (Å²) in [5.74, 6) is 0.489. The Morgan fingerprint density at radius 2 is 1.79 bits per heavy atom. The monoisotopic (exact) mass is 262 g/mol. The fourth-order valence-corrected chi connectivity index (χ4v) is 2.13. The molecule has 1 rings (SSSR count). The maximum atomic E-state index is 12.2. The minimum Gasteiger partial charge on any atom is -0.294 e. The van der Waals surface area contributed by atoms with E-state index in [1.54, 1.807) is 0 Å². The van der Waals surface area contributed by atoms with Crippen LogP contribution in [0, 0.1) is 5.92 Å². The Balaban J connectivity index is 0.00000154. The van der Waals surface area contributed by atoms with Crippen LogP contribution in [0.4, 0.5) is 0 Å². The van der Waals surface area contributed by atoms with Crippen molar-refractivity contribution in [3.63, 3.8) is 0 Å². The molecule has 0 N–H and O–H groups in total. The lowest BCUT2D eigenvalue weighted by atomic mass is 9.91. The largest absolute Gasteiger partial charge is 0.294 e. The Bertz CT molecular complexity index is 345. The first-order valence-corrected chi connectivity index (χ1v) is 7.76. The number of carbonyl (C=O) groups is 1. The van der Waals surface area contributed by atoms with Gasteiger partial charge >= 0.3 is 0 Å². The summed E-state index contributed by atoms with van der Waals surface area (Å²) >= 11 is 0. The number of allylic oxidation sites excluding steroid dienone is 6. The number of Topliss-reactive ketones (excluding diaryl/α,β-unsaturated/α-hetero) is 1. The highest BCUT2D eigenvalue weighted by molar-refractivity contribution is 5.97. The molecule has 108 valence electrons. The van der Waals surface area contributed by atoms with Gasteiger partial charge in [0.2, 0.25) is 0 Å². The summed E-state index contributed by atoms with van der Waals surface area (Å²) in [6, 6.07) is 0. The second kappa shape index (κ2) is 10.8. The molecule has 0 aromatic heterocycles. The van der Waals surface area contributed by atoms with Crippen LogP contribution in [0.15, 0.2) is 35.5 Å². The third-order valence-electron chi connectivity index (χ3n) is 3.34. The van der Waals surface area contributed by atoms with Crippen LogP contribution in [0.2, 0.25) is 0 Å². The van der Waals surface area contributed by atoms with Gasteiger partial charge in [-0.25, -0.2) is 0 Å². The highest BCUT2D eigenvalue weighted by Gasteiger charge is 2.15. The van der Waals surface area contributed by atoms with Gasteiger partial charge in [0.15, 0.2) is 5.78 Å². The molecular weight excluding hydrogens is 232 g/mol. The smallest absolute Gasteiger partial charge is 0.161 e. The molecule has 0 fully saturated rings. The molecule has 0 aliphatic heterocycles. The molecule has 1 aliphatic rings. The van der Waals surface area contributed by atoms with Crippen molar-refractivity contribution in [1.82, 2.24) is 0 Å². The zero-order valence-electron chi connectivity index (χ0n) is 13.3. The van der Waals surface area contributed by atoms with Crippen LogP contribution in [-0.2, 0) is 4.79 Å². The maximum Gasteiger partial charge on any atom is 0.161 e. The molecule has 0 amide bonds. The summed E-state index contributed by atoms with van der Waals surface area (Å²) in [4.78, 5) is 12.2. The molecule has 19 heavy (non-hydrogen) atoms. The molecule has 1 unspecified atom stereocenters. The molecule has 0 heterocycles. The van der Waals surface area contributed by atoms with Crippen LogP contribution >= 0.6 is 0 Å². The second-order valence-electron chi connectivity index (χ2n) is 4.80. The van der Waals surface area contributed by atoms with E-state index >= 15 is 0 Å². The van der Waals surface area contributed by atoms with Crippen LogP contribution < -0.4 is 0 Å². The number of ketones is 1. The van der Waals surface area contributed by atoms with Gasteiger partial charge in [0.05, 0.1) is 0 Å². The Hall–Kier alpha value is -1.11. The van der Waals surface area contributed by atoms with E-state index in [4.69, 9.17) is 0 Å². The van der Waals surface area contributed by atoms with Crippen LogP contribution in [0.1, 0.15) is 66.7 Å². The number of carbonyl (C=O) groups excluding carboxylic acids is 1. The van der Waals surface area contributed by atoms with E-state index in [2.05, 4.69) is 32.1 Å². The molecule has 0 bridgehead atoms. The van der Waals surface area contributed by atoms with Crippen molar-refractivity contribution in [2.75, 3.05) is 0 Å². The molecule has 1 heteroatoms.